The van der Waals surface area contributed by atoms with Gasteiger partial charge in [-0.05, 0) is 52.0 Å². The Morgan fingerprint density at radius 3 is 2.00 bits per heavy atom. The van der Waals surface area contributed by atoms with E-state index < -0.39 is 64.2 Å². The van der Waals surface area contributed by atoms with E-state index in [2.05, 4.69) is 26.2 Å². The van der Waals surface area contributed by atoms with Crippen LogP contribution in [0.3, 0.4) is 0 Å². The van der Waals surface area contributed by atoms with E-state index in [-0.39, 0.29) is 10.0 Å². The molecule has 12 nitrogen and oxygen atoms in total. The molecule has 2 heterocycles. The van der Waals surface area contributed by atoms with Crippen LogP contribution in [0.4, 0.5) is 5.13 Å². The van der Waals surface area contributed by atoms with Gasteiger partial charge in [0.1, 0.15) is 12.2 Å². The Bertz CT molecular complexity index is 1310. The van der Waals surface area contributed by atoms with Gasteiger partial charge in [0.25, 0.3) is 0 Å². The number of anilines is 1. The van der Waals surface area contributed by atoms with Gasteiger partial charge in [-0.15, -0.1) is 0 Å². The molecule has 0 amide bonds. The van der Waals surface area contributed by atoms with Gasteiger partial charge in [0.2, 0.25) is 17.0 Å². The van der Waals surface area contributed by atoms with Crippen molar-refractivity contribution in [3.8, 4) is 0 Å². The third-order valence-corrected chi connectivity index (χ3v) is 8.01. The standard InChI is InChI=1S/C24H25BrN2O10S/c1-10(28)17(32)19-22(34,11(2)29)24(36,13(4)31)23(35,12(3)30)20(37-19)27-21-26-9-16(38-21)18(33)14-5-7-15(25)8-6-14/h5-9,17,19-20,32,34-36H,1-4H3,(H,26,27)/t17?,19-,20-,22-,23-,24+/m1/s1. The summed E-state index contributed by atoms with van der Waals surface area (Å²) >= 11 is 4.04. The molecule has 0 saturated carbocycles. The van der Waals surface area contributed by atoms with Gasteiger partial charge in [0.05, 0.1) is 11.1 Å². The Hall–Kier alpha value is -2.72. The van der Waals surface area contributed by atoms with Gasteiger partial charge < -0.3 is 30.5 Å². The number of carbonyl (C=O) groups is 5. The minimum Gasteiger partial charge on any atom is -0.382 e. The van der Waals surface area contributed by atoms with E-state index >= 15 is 0 Å². The van der Waals surface area contributed by atoms with E-state index in [1.165, 1.54) is 6.20 Å². The van der Waals surface area contributed by atoms with Crippen molar-refractivity contribution in [3.05, 3.63) is 45.4 Å². The number of aliphatic hydroxyl groups is 4. The lowest BCUT2D eigenvalue weighted by atomic mass is 9.59. The van der Waals surface area contributed by atoms with Crippen LogP contribution in [0.2, 0.25) is 0 Å². The largest absolute Gasteiger partial charge is 0.382 e. The lowest BCUT2D eigenvalue weighted by molar-refractivity contribution is -0.322. The Labute approximate surface area is 228 Å². The molecule has 1 aliphatic rings. The van der Waals surface area contributed by atoms with E-state index in [0.29, 0.717) is 12.5 Å². The fourth-order valence-electron chi connectivity index (χ4n) is 4.42. The predicted octanol–water partition coefficient (Wildman–Crippen LogP) is 0.184. The maximum atomic E-state index is 12.8. The average Bonchev–Trinajstić information content (AvgIpc) is 3.31. The van der Waals surface area contributed by atoms with Gasteiger partial charge in [-0.3, -0.25) is 24.0 Å². The molecule has 204 valence electrons. The number of carbonyl (C=O) groups excluding carboxylic acids is 5. The Morgan fingerprint density at radius 1 is 0.974 bits per heavy atom. The normalized spacial score (nSPS) is 29.8. The van der Waals surface area contributed by atoms with Crippen molar-refractivity contribution >= 4 is 61.3 Å². The van der Waals surface area contributed by atoms with Crippen LogP contribution >= 0.6 is 27.3 Å². The number of aliphatic hydroxyl groups excluding tert-OH is 1. The molecule has 6 atom stereocenters. The number of halogens is 1. The molecule has 0 bridgehead atoms. The molecule has 1 aromatic heterocycles. The molecule has 38 heavy (non-hydrogen) atoms. The Balaban J connectivity index is 2.12. The lowest BCUT2D eigenvalue weighted by Gasteiger charge is -2.58. The van der Waals surface area contributed by atoms with Crippen LogP contribution in [0.5, 0.6) is 0 Å². The number of thiazole rings is 1. The van der Waals surface area contributed by atoms with Crippen LogP contribution in [-0.2, 0) is 23.9 Å². The number of hydrogen-bond donors (Lipinski definition) is 5. The molecule has 3 rings (SSSR count). The zero-order chi connectivity index (χ0) is 28.8. The smallest absolute Gasteiger partial charge is 0.207 e. The van der Waals surface area contributed by atoms with Gasteiger partial charge in [0.15, 0.2) is 40.1 Å². The molecule has 2 aromatic rings. The summed E-state index contributed by atoms with van der Waals surface area (Å²) in [5.74, 6) is -5.51. The number of ketones is 5. The maximum Gasteiger partial charge on any atom is 0.207 e. The fourth-order valence-corrected chi connectivity index (χ4v) is 5.48. The molecular formula is C24H25BrN2O10S. The zero-order valence-electron chi connectivity index (χ0n) is 20.6. The summed E-state index contributed by atoms with van der Waals surface area (Å²) in [5.41, 5.74) is -10.00. The molecule has 1 aliphatic heterocycles. The molecule has 14 heteroatoms. The van der Waals surface area contributed by atoms with Crippen LogP contribution in [-0.4, -0.2) is 89.6 Å². The SMILES string of the molecule is CC(=O)C(O)[C@H]1O[C@@H](Nc2ncc(C(=O)c3ccc(Br)cc3)s2)[C@](O)(C(C)=O)[C@](O)(C(C)=O)[C@@]1(O)C(C)=O. The highest BCUT2D eigenvalue weighted by atomic mass is 79.9. The average molecular weight is 613 g/mol. The number of benzene rings is 1. The van der Waals surface area contributed by atoms with Crippen LogP contribution in [0.1, 0.15) is 42.9 Å². The number of nitrogens with zero attached hydrogens (tertiary/aromatic N) is 1. The van der Waals surface area contributed by atoms with E-state index in [1.54, 1.807) is 24.3 Å². The molecule has 1 saturated heterocycles. The van der Waals surface area contributed by atoms with Crippen LogP contribution in [0, 0.1) is 0 Å². The highest BCUT2D eigenvalue weighted by Gasteiger charge is 2.79. The molecule has 0 aliphatic carbocycles. The summed E-state index contributed by atoms with van der Waals surface area (Å²) in [4.78, 5) is 67.2. The second-order valence-electron chi connectivity index (χ2n) is 8.91. The van der Waals surface area contributed by atoms with Crippen molar-refractivity contribution in [2.24, 2.45) is 0 Å². The van der Waals surface area contributed by atoms with E-state index in [1.807, 2.05) is 0 Å². The van der Waals surface area contributed by atoms with Gasteiger partial charge in [-0.1, -0.05) is 27.3 Å². The highest BCUT2D eigenvalue weighted by molar-refractivity contribution is 9.10. The van der Waals surface area contributed by atoms with Crippen LogP contribution < -0.4 is 5.32 Å². The first-order valence-electron chi connectivity index (χ1n) is 11.1. The minimum absolute atomic E-state index is 0.124. The highest BCUT2D eigenvalue weighted by Crippen LogP contribution is 2.47. The summed E-state index contributed by atoms with van der Waals surface area (Å²) in [6, 6.07) is 6.47. The zero-order valence-corrected chi connectivity index (χ0v) is 23.0. The van der Waals surface area contributed by atoms with Gasteiger partial charge in [0, 0.05) is 10.0 Å². The van der Waals surface area contributed by atoms with Crippen molar-refractivity contribution in [1.29, 1.82) is 0 Å². The van der Waals surface area contributed by atoms with Crippen LogP contribution in [0.15, 0.2) is 34.9 Å². The summed E-state index contributed by atoms with van der Waals surface area (Å²) < 4.78 is 6.28. The summed E-state index contributed by atoms with van der Waals surface area (Å²) in [6.45, 7) is 3.11. The minimum atomic E-state index is -3.58. The topological polar surface area (TPSA) is 200 Å². The van der Waals surface area contributed by atoms with Crippen molar-refractivity contribution in [1.82, 2.24) is 4.98 Å². The van der Waals surface area contributed by atoms with Gasteiger partial charge in [-0.25, -0.2) is 4.98 Å². The second kappa shape index (κ2) is 10.4. The monoisotopic (exact) mass is 612 g/mol. The number of ether oxygens (including phenoxy) is 1. The molecule has 1 aromatic carbocycles. The molecule has 0 spiro atoms. The predicted molar refractivity (Wildman–Crippen MR) is 136 cm³/mol. The Kier molecular flexibility index (Phi) is 8.20. The lowest BCUT2D eigenvalue weighted by Crippen LogP contribution is -2.88. The van der Waals surface area contributed by atoms with E-state index in [4.69, 9.17) is 4.74 Å². The summed E-state index contributed by atoms with van der Waals surface area (Å²) in [5, 5.41) is 47.3. The van der Waals surface area contributed by atoms with Crippen LogP contribution in [0.25, 0.3) is 0 Å². The molecular weight excluding hydrogens is 588 g/mol. The van der Waals surface area contributed by atoms with Crippen molar-refractivity contribution in [2.75, 3.05) is 5.32 Å². The first kappa shape index (κ1) is 29.8. The maximum absolute atomic E-state index is 12.8. The van der Waals surface area contributed by atoms with Gasteiger partial charge >= 0.3 is 0 Å². The molecule has 5 N–H and O–H groups in total. The van der Waals surface area contributed by atoms with Gasteiger partial charge in [-0.2, -0.15) is 0 Å². The number of nitrogens with one attached hydrogen (secondary N) is 1. The number of hydrogen-bond acceptors (Lipinski definition) is 13. The quantitative estimate of drug-likeness (QED) is 0.241. The fraction of sp³-hybridized carbons (Fsp3) is 0.417. The number of Topliss-reactive ketones (excluding diaryl/α,β-unsaturated/α-hetero) is 4. The molecule has 1 fully saturated rings. The third kappa shape index (κ3) is 4.45. The second-order valence-corrected chi connectivity index (χ2v) is 10.9. The number of aromatic nitrogens is 1. The van der Waals surface area contributed by atoms with Crippen molar-refractivity contribution in [3.63, 3.8) is 0 Å². The third-order valence-electron chi connectivity index (χ3n) is 6.55. The molecule has 1 unspecified atom stereocenters. The number of rotatable bonds is 9. The first-order chi connectivity index (χ1) is 17.5. The summed E-state index contributed by atoms with van der Waals surface area (Å²) in [6.07, 6.45) is -5.50. The van der Waals surface area contributed by atoms with E-state index in [0.717, 1.165) is 36.6 Å². The first-order valence-corrected chi connectivity index (χ1v) is 12.7. The van der Waals surface area contributed by atoms with Crippen molar-refractivity contribution < 1.29 is 49.1 Å². The summed E-state index contributed by atoms with van der Waals surface area (Å²) in [7, 11) is 0. The van der Waals surface area contributed by atoms with Crippen molar-refractivity contribution in [2.45, 2.75) is 62.9 Å². The van der Waals surface area contributed by atoms with E-state index in [9.17, 15) is 44.4 Å². The Morgan fingerprint density at radius 2 is 1.53 bits per heavy atom. The molecule has 0 radical (unpaired) electrons.